The SMILES string of the molecule is CCCCN1C(=O)COC1=S. The average molecular weight is 173 g/mol. The Morgan fingerprint density at radius 1 is 1.73 bits per heavy atom. The molecule has 0 spiro atoms. The van der Waals surface area contributed by atoms with E-state index in [-0.39, 0.29) is 12.5 Å². The molecular weight excluding hydrogens is 162 g/mol. The van der Waals surface area contributed by atoms with Gasteiger partial charge in [-0.3, -0.25) is 9.69 Å². The lowest BCUT2D eigenvalue weighted by molar-refractivity contribution is -0.125. The Kier molecular flexibility index (Phi) is 2.82. The first-order valence-corrected chi connectivity index (χ1v) is 4.13. The van der Waals surface area contributed by atoms with Crippen LogP contribution in [0.15, 0.2) is 0 Å². The Bertz CT molecular complexity index is 165. The van der Waals surface area contributed by atoms with Gasteiger partial charge in [0, 0.05) is 6.54 Å². The molecule has 1 rings (SSSR count). The number of carbonyl (C=O) groups is 1. The van der Waals surface area contributed by atoms with Gasteiger partial charge >= 0.3 is 0 Å². The summed E-state index contributed by atoms with van der Waals surface area (Å²) in [5.41, 5.74) is 0. The standard InChI is InChI=1S/C7H11NO2S/c1-2-3-4-8-6(9)5-10-7(8)11/h2-5H2,1H3. The Labute approximate surface area is 71.3 Å². The molecule has 1 aliphatic rings. The third-order valence-electron chi connectivity index (χ3n) is 1.58. The monoisotopic (exact) mass is 173 g/mol. The van der Waals surface area contributed by atoms with Crippen LogP contribution in [0, 0.1) is 0 Å². The summed E-state index contributed by atoms with van der Waals surface area (Å²) in [7, 11) is 0. The van der Waals surface area contributed by atoms with Crippen LogP contribution in [0.25, 0.3) is 0 Å². The topological polar surface area (TPSA) is 29.5 Å². The van der Waals surface area contributed by atoms with Gasteiger partial charge in [-0.25, -0.2) is 0 Å². The normalized spacial score (nSPS) is 17.4. The van der Waals surface area contributed by atoms with E-state index in [4.69, 9.17) is 17.0 Å². The van der Waals surface area contributed by atoms with E-state index in [9.17, 15) is 4.79 Å². The fourth-order valence-electron chi connectivity index (χ4n) is 0.913. The van der Waals surface area contributed by atoms with Crippen LogP contribution in [0.4, 0.5) is 0 Å². The quantitative estimate of drug-likeness (QED) is 0.595. The molecule has 11 heavy (non-hydrogen) atoms. The first-order chi connectivity index (χ1) is 5.25. The summed E-state index contributed by atoms with van der Waals surface area (Å²) in [4.78, 5) is 12.5. The fraction of sp³-hybridized carbons (Fsp3) is 0.714. The lowest BCUT2D eigenvalue weighted by Crippen LogP contribution is -2.29. The van der Waals surface area contributed by atoms with Gasteiger partial charge in [0.15, 0.2) is 6.61 Å². The lowest BCUT2D eigenvalue weighted by atomic mass is 10.3. The molecule has 1 saturated heterocycles. The van der Waals surface area contributed by atoms with Crippen molar-refractivity contribution < 1.29 is 9.53 Å². The number of ether oxygens (including phenoxy) is 1. The molecule has 0 saturated carbocycles. The van der Waals surface area contributed by atoms with Crippen LogP contribution in [0.1, 0.15) is 19.8 Å². The highest BCUT2D eigenvalue weighted by molar-refractivity contribution is 7.80. The summed E-state index contributed by atoms with van der Waals surface area (Å²) in [6, 6.07) is 0. The first-order valence-electron chi connectivity index (χ1n) is 3.73. The summed E-state index contributed by atoms with van der Waals surface area (Å²) >= 11 is 4.81. The van der Waals surface area contributed by atoms with Gasteiger partial charge in [-0.15, -0.1) is 0 Å². The van der Waals surface area contributed by atoms with Gasteiger partial charge in [0.25, 0.3) is 11.1 Å². The van der Waals surface area contributed by atoms with E-state index in [0.29, 0.717) is 11.7 Å². The first kappa shape index (κ1) is 8.46. The molecule has 1 heterocycles. The zero-order valence-electron chi connectivity index (χ0n) is 6.50. The van der Waals surface area contributed by atoms with E-state index in [1.54, 1.807) is 0 Å². The van der Waals surface area contributed by atoms with Crippen molar-refractivity contribution in [2.75, 3.05) is 13.2 Å². The summed E-state index contributed by atoms with van der Waals surface area (Å²) < 4.78 is 4.88. The molecule has 0 aromatic carbocycles. The molecule has 0 unspecified atom stereocenters. The molecule has 0 radical (unpaired) electrons. The second-order valence-electron chi connectivity index (χ2n) is 2.45. The van der Waals surface area contributed by atoms with E-state index in [2.05, 4.69) is 6.92 Å². The summed E-state index contributed by atoms with van der Waals surface area (Å²) in [6.07, 6.45) is 2.04. The molecule has 0 atom stereocenters. The van der Waals surface area contributed by atoms with Crippen LogP contribution in [0.2, 0.25) is 0 Å². The average Bonchev–Trinajstić information content (AvgIpc) is 2.29. The van der Waals surface area contributed by atoms with E-state index in [1.165, 1.54) is 4.90 Å². The zero-order valence-corrected chi connectivity index (χ0v) is 7.32. The van der Waals surface area contributed by atoms with Gasteiger partial charge in [-0.05, 0) is 18.6 Å². The number of carbonyl (C=O) groups excluding carboxylic acids is 1. The van der Waals surface area contributed by atoms with Crippen molar-refractivity contribution in [1.82, 2.24) is 4.90 Å². The van der Waals surface area contributed by atoms with E-state index >= 15 is 0 Å². The smallest absolute Gasteiger partial charge is 0.267 e. The van der Waals surface area contributed by atoms with E-state index < -0.39 is 0 Å². The maximum atomic E-state index is 11.0. The van der Waals surface area contributed by atoms with Gasteiger partial charge in [0.2, 0.25) is 0 Å². The van der Waals surface area contributed by atoms with Crippen molar-refractivity contribution in [1.29, 1.82) is 0 Å². The summed E-state index contributed by atoms with van der Waals surface area (Å²) in [5, 5.41) is 0.337. The molecular formula is C7H11NO2S. The van der Waals surface area contributed by atoms with Gasteiger partial charge in [-0.1, -0.05) is 13.3 Å². The number of hydrogen-bond donors (Lipinski definition) is 0. The third-order valence-corrected chi connectivity index (χ3v) is 1.91. The molecule has 0 aromatic heterocycles. The second kappa shape index (κ2) is 3.67. The molecule has 3 nitrogen and oxygen atoms in total. The minimum atomic E-state index is -0.0107. The number of thiocarbonyl (C=S) groups is 1. The Balaban J connectivity index is 2.41. The van der Waals surface area contributed by atoms with Gasteiger partial charge in [0.1, 0.15) is 0 Å². The third kappa shape index (κ3) is 1.89. The number of unbranched alkanes of at least 4 members (excludes halogenated alkanes) is 1. The molecule has 1 aliphatic heterocycles. The van der Waals surface area contributed by atoms with Crippen molar-refractivity contribution >= 4 is 23.3 Å². The Morgan fingerprint density at radius 2 is 2.45 bits per heavy atom. The molecule has 1 fully saturated rings. The number of amides is 1. The molecule has 0 N–H and O–H groups in total. The Morgan fingerprint density at radius 3 is 2.91 bits per heavy atom. The minimum absolute atomic E-state index is 0.0107. The van der Waals surface area contributed by atoms with Crippen LogP contribution in [0.5, 0.6) is 0 Å². The summed E-state index contributed by atoms with van der Waals surface area (Å²) in [6.45, 7) is 2.90. The van der Waals surface area contributed by atoms with Crippen molar-refractivity contribution in [2.45, 2.75) is 19.8 Å². The van der Waals surface area contributed by atoms with E-state index in [0.717, 1.165) is 12.8 Å². The molecule has 4 heteroatoms. The van der Waals surface area contributed by atoms with Crippen molar-refractivity contribution in [3.05, 3.63) is 0 Å². The van der Waals surface area contributed by atoms with Gasteiger partial charge < -0.3 is 4.74 Å². The van der Waals surface area contributed by atoms with Crippen molar-refractivity contribution in [3.63, 3.8) is 0 Å². The highest BCUT2D eigenvalue weighted by Crippen LogP contribution is 2.06. The van der Waals surface area contributed by atoms with Crippen molar-refractivity contribution in [2.24, 2.45) is 0 Å². The molecule has 62 valence electrons. The highest BCUT2D eigenvalue weighted by atomic mass is 32.1. The van der Waals surface area contributed by atoms with Crippen LogP contribution in [-0.4, -0.2) is 29.1 Å². The fourth-order valence-corrected chi connectivity index (χ4v) is 1.17. The lowest BCUT2D eigenvalue weighted by Gasteiger charge is -2.10. The Hall–Kier alpha value is -0.640. The summed E-state index contributed by atoms with van der Waals surface area (Å²) in [5.74, 6) is -0.0107. The van der Waals surface area contributed by atoms with Crippen LogP contribution in [-0.2, 0) is 9.53 Å². The molecule has 0 bridgehead atoms. The molecule has 1 amide bonds. The maximum Gasteiger partial charge on any atom is 0.267 e. The largest absolute Gasteiger partial charge is 0.460 e. The van der Waals surface area contributed by atoms with Crippen LogP contribution < -0.4 is 0 Å². The number of nitrogens with zero attached hydrogens (tertiary/aromatic N) is 1. The predicted molar refractivity (Wildman–Crippen MR) is 45.2 cm³/mol. The maximum absolute atomic E-state index is 11.0. The predicted octanol–water partition coefficient (Wildman–Crippen LogP) is 0.930. The number of rotatable bonds is 3. The number of hydrogen-bond acceptors (Lipinski definition) is 3. The van der Waals surface area contributed by atoms with Gasteiger partial charge in [0.05, 0.1) is 0 Å². The molecule has 0 aromatic rings. The molecule has 0 aliphatic carbocycles. The van der Waals surface area contributed by atoms with Crippen LogP contribution in [0.3, 0.4) is 0 Å². The van der Waals surface area contributed by atoms with E-state index in [1.807, 2.05) is 0 Å². The van der Waals surface area contributed by atoms with Crippen LogP contribution >= 0.6 is 12.2 Å². The van der Waals surface area contributed by atoms with Crippen molar-refractivity contribution in [3.8, 4) is 0 Å². The second-order valence-corrected chi connectivity index (χ2v) is 2.80. The zero-order chi connectivity index (χ0) is 8.27. The minimum Gasteiger partial charge on any atom is -0.460 e. The van der Waals surface area contributed by atoms with Gasteiger partial charge in [-0.2, -0.15) is 0 Å². The highest BCUT2D eigenvalue weighted by Gasteiger charge is 2.26.